The molecular formula is C28H36N4O4. The second-order valence-electron chi connectivity index (χ2n) is 9.84. The van der Waals surface area contributed by atoms with Gasteiger partial charge < -0.3 is 15.3 Å². The predicted octanol–water partition coefficient (Wildman–Crippen LogP) is 2.70. The Bertz CT molecular complexity index is 1070. The van der Waals surface area contributed by atoms with Crippen molar-refractivity contribution in [3.05, 3.63) is 65.0 Å². The lowest BCUT2D eigenvalue weighted by atomic mass is 9.95. The summed E-state index contributed by atoms with van der Waals surface area (Å²) in [6.07, 6.45) is 6.51. The van der Waals surface area contributed by atoms with Gasteiger partial charge in [0.1, 0.15) is 6.04 Å². The lowest BCUT2D eigenvalue weighted by Gasteiger charge is -2.41. The number of nitrogens with one attached hydrogen (secondary N) is 1. The highest BCUT2D eigenvalue weighted by molar-refractivity contribution is 5.96. The van der Waals surface area contributed by atoms with Crippen molar-refractivity contribution in [1.29, 1.82) is 0 Å². The SMILES string of the molecule is CC(=O)N1CCN(CC[C@H](NC(=O)c2ccccc2)C(=O)O)C[C@@H]1CCc1ccc2c(n1)CCCC2. The largest absolute Gasteiger partial charge is 0.480 e. The van der Waals surface area contributed by atoms with Crippen molar-refractivity contribution in [2.45, 2.75) is 64.0 Å². The van der Waals surface area contributed by atoms with Gasteiger partial charge in [0.05, 0.1) is 0 Å². The van der Waals surface area contributed by atoms with Gasteiger partial charge in [0.15, 0.2) is 0 Å². The highest BCUT2D eigenvalue weighted by Crippen LogP contribution is 2.21. The van der Waals surface area contributed by atoms with E-state index < -0.39 is 12.0 Å². The second-order valence-corrected chi connectivity index (χ2v) is 9.84. The Balaban J connectivity index is 1.33. The second kappa shape index (κ2) is 12.1. The molecule has 192 valence electrons. The number of nitrogens with zero attached hydrogens (tertiary/aromatic N) is 3. The van der Waals surface area contributed by atoms with Crippen LogP contribution in [0.15, 0.2) is 42.5 Å². The smallest absolute Gasteiger partial charge is 0.326 e. The van der Waals surface area contributed by atoms with Crippen molar-refractivity contribution in [1.82, 2.24) is 20.1 Å². The highest BCUT2D eigenvalue weighted by Gasteiger charge is 2.30. The Hall–Kier alpha value is -3.26. The first-order valence-electron chi connectivity index (χ1n) is 13.0. The zero-order valence-corrected chi connectivity index (χ0v) is 21.0. The number of hydrogen-bond acceptors (Lipinski definition) is 5. The molecule has 2 atom stereocenters. The van der Waals surface area contributed by atoms with Crippen molar-refractivity contribution in [3.8, 4) is 0 Å². The van der Waals surface area contributed by atoms with E-state index in [2.05, 4.69) is 22.3 Å². The number of benzene rings is 1. The maximum Gasteiger partial charge on any atom is 0.326 e. The first-order valence-corrected chi connectivity index (χ1v) is 13.0. The summed E-state index contributed by atoms with van der Waals surface area (Å²) in [5, 5.41) is 12.3. The van der Waals surface area contributed by atoms with Gasteiger partial charge in [-0.2, -0.15) is 0 Å². The Kier molecular flexibility index (Phi) is 8.70. The quantitative estimate of drug-likeness (QED) is 0.558. The van der Waals surface area contributed by atoms with Gasteiger partial charge in [-0.05, 0) is 68.7 Å². The van der Waals surface area contributed by atoms with Crippen LogP contribution in [0.3, 0.4) is 0 Å². The summed E-state index contributed by atoms with van der Waals surface area (Å²) in [4.78, 5) is 45.6. The van der Waals surface area contributed by atoms with E-state index in [4.69, 9.17) is 4.98 Å². The lowest BCUT2D eigenvalue weighted by Crippen LogP contribution is -2.55. The first kappa shape index (κ1) is 25.8. The van der Waals surface area contributed by atoms with Crippen molar-refractivity contribution < 1.29 is 19.5 Å². The fourth-order valence-corrected chi connectivity index (χ4v) is 5.27. The fourth-order valence-electron chi connectivity index (χ4n) is 5.27. The first-order chi connectivity index (χ1) is 17.4. The van der Waals surface area contributed by atoms with Crippen molar-refractivity contribution >= 4 is 17.8 Å². The van der Waals surface area contributed by atoms with E-state index in [9.17, 15) is 19.5 Å². The fraction of sp³-hybridized carbons (Fsp3) is 0.500. The van der Waals surface area contributed by atoms with Gasteiger partial charge in [-0.15, -0.1) is 0 Å². The van der Waals surface area contributed by atoms with Gasteiger partial charge in [-0.3, -0.25) is 19.5 Å². The van der Waals surface area contributed by atoms with E-state index >= 15 is 0 Å². The molecule has 1 aromatic carbocycles. The minimum absolute atomic E-state index is 0.0521. The minimum Gasteiger partial charge on any atom is -0.480 e. The van der Waals surface area contributed by atoms with Crippen molar-refractivity contribution in [2.75, 3.05) is 26.2 Å². The minimum atomic E-state index is -1.04. The van der Waals surface area contributed by atoms with Crippen LogP contribution in [0.4, 0.5) is 0 Å². The van der Waals surface area contributed by atoms with Crippen LogP contribution < -0.4 is 5.32 Å². The van der Waals surface area contributed by atoms with Crippen LogP contribution >= 0.6 is 0 Å². The molecule has 0 unspecified atom stereocenters. The molecule has 2 amide bonds. The number of carboxylic acids is 1. The third-order valence-corrected chi connectivity index (χ3v) is 7.31. The number of amides is 2. The summed E-state index contributed by atoms with van der Waals surface area (Å²) in [7, 11) is 0. The van der Waals surface area contributed by atoms with Crippen LogP contribution in [-0.2, 0) is 28.9 Å². The molecule has 36 heavy (non-hydrogen) atoms. The standard InChI is InChI=1S/C28H36N4O4/c1-20(33)32-18-17-31(16-15-26(28(35)36)30-27(34)22-8-3-2-4-9-22)19-24(32)14-13-23-12-11-21-7-5-6-10-25(21)29-23/h2-4,8-9,11-12,24,26H,5-7,10,13-19H2,1H3,(H,30,34)(H,35,36)/t24-,26-/m0/s1. The molecule has 2 aromatic rings. The van der Waals surface area contributed by atoms with Crippen LogP contribution in [0.25, 0.3) is 0 Å². The zero-order valence-electron chi connectivity index (χ0n) is 21.0. The Morgan fingerprint density at radius 1 is 1.08 bits per heavy atom. The van der Waals surface area contributed by atoms with E-state index in [1.54, 1.807) is 31.2 Å². The van der Waals surface area contributed by atoms with Crippen LogP contribution in [0.1, 0.15) is 59.9 Å². The molecule has 1 aromatic heterocycles. The van der Waals surface area contributed by atoms with Gasteiger partial charge in [-0.1, -0.05) is 24.3 Å². The molecule has 2 heterocycles. The van der Waals surface area contributed by atoms with Crippen LogP contribution in [-0.4, -0.2) is 75.9 Å². The molecule has 1 saturated heterocycles. The molecule has 4 rings (SSSR count). The van der Waals surface area contributed by atoms with Gasteiger partial charge in [0.25, 0.3) is 5.91 Å². The predicted molar refractivity (Wildman–Crippen MR) is 137 cm³/mol. The van der Waals surface area contributed by atoms with Gasteiger partial charge in [-0.25, -0.2) is 4.79 Å². The number of pyridine rings is 1. The molecule has 8 nitrogen and oxygen atoms in total. The molecule has 0 saturated carbocycles. The summed E-state index contributed by atoms with van der Waals surface area (Å²) in [6.45, 7) is 4.13. The van der Waals surface area contributed by atoms with Crippen molar-refractivity contribution in [2.24, 2.45) is 0 Å². The van der Waals surface area contributed by atoms with E-state index in [1.807, 2.05) is 11.0 Å². The number of piperazine rings is 1. The number of aliphatic carboxylic acids is 1. The molecule has 1 aliphatic heterocycles. The Labute approximate surface area is 212 Å². The average Bonchev–Trinajstić information content (AvgIpc) is 2.89. The maximum atomic E-state index is 12.5. The topological polar surface area (TPSA) is 103 Å². The Morgan fingerprint density at radius 2 is 1.86 bits per heavy atom. The summed E-state index contributed by atoms with van der Waals surface area (Å²) >= 11 is 0. The molecule has 0 spiro atoms. The van der Waals surface area contributed by atoms with E-state index in [0.717, 1.165) is 31.4 Å². The Morgan fingerprint density at radius 3 is 2.61 bits per heavy atom. The third kappa shape index (κ3) is 6.69. The highest BCUT2D eigenvalue weighted by atomic mass is 16.4. The van der Waals surface area contributed by atoms with Gasteiger partial charge >= 0.3 is 5.97 Å². The number of fused-ring (bicyclic) bond motifs is 1. The van der Waals surface area contributed by atoms with Crippen LogP contribution in [0.5, 0.6) is 0 Å². The molecule has 1 fully saturated rings. The van der Waals surface area contributed by atoms with Crippen LogP contribution in [0, 0.1) is 0 Å². The molecule has 0 bridgehead atoms. The van der Waals surface area contributed by atoms with E-state index in [-0.39, 0.29) is 17.9 Å². The molecule has 2 aliphatic rings. The summed E-state index contributed by atoms with van der Waals surface area (Å²) in [5.41, 5.74) is 4.11. The number of aryl methyl sites for hydroxylation is 3. The zero-order chi connectivity index (χ0) is 25.5. The third-order valence-electron chi connectivity index (χ3n) is 7.31. The number of carbonyl (C=O) groups excluding carboxylic acids is 2. The average molecular weight is 493 g/mol. The van der Waals surface area contributed by atoms with E-state index in [0.29, 0.717) is 38.2 Å². The number of carboxylic acid groups (broad SMARTS) is 1. The maximum absolute atomic E-state index is 12.5. The van der Waals surface area contributed by atoms with Gasteiger partial charge in [0, 0.05) is 56.1 Å². The monoisotopic (exact) mass is 492 g/mol. The number of aromatic nitrogens is 1. The molecule has 2 N–H and O–H groups in total. The summed E-state index contributed by atoms with van der Waals surface area (Å²) < 4.78 is 0. The summed E-state index contributed by atoms with van der Waals surface area (Å²) in [6, 6.07) is 12.0. The van der Waals surface area contributed by atoms with Crippen molar-refractivity contribution in [3.63, 3.8) is 0 Å². The number of hydrogen-bond donors (Lipinski definition) is 2. The number of carbonyl (C=O) groups is 3. The normalized spacial score (nSPS) is 18.8. The molecule has 0 radical (unpaired) electrons. The van der Waals surface area contributed by atoms with Gasteiger partial charge in [0.2, 0.25) is 5.91 Å². The number of rotatable bonds is 9. The molecule has 8 heteroatoms. The van der Waals surface area contributed by atoms with E-state index in [1.165, 1.54) is 24.1 Å². The van der Waals surface area contributed by atoms with Crippen LogP contribution in [0.2, 0.25) is 0 Å². The lowest BCUT2D eigenvalue weighted by molar-refractivity contribution is -0.139. The molecular weight excluding hydrogens is 456 g/mol. The molecule has 1 aliphatic carbocycles. The summed E-state index contributed by atoms with van der Waals surface area (Å²) in [5.74, 6) is -1.37.